The van der Waals surface area contributed by atoms with Gasteiger partial charge in [0.2, 0.25) is 0 Å². The predicted octanol–water partition coefficient (Wildman–Crippen LogP) is 5.92. The minimum Gasteiger partial charge on any atom is -0.493 e. The van der Waals surface area contributed by atoms with E-state index in [1.807, 2.05) is 42.5 Å². The minimum absolute atomic E-state index is 0.0786. The van der Waals surface area contributed by atoms with Crippen LogP contribution in [0, 0.1) is 0 Å². The number of amides is 1. The molecule has 0 unspecified atom stereocenters. The molecule has 0 atom stereocenters. The van der Waals surface area contributed by atoms with Gasteiger partial charge in [0.05, 0.1) is 7.11 Å². The number of hydrogen-bond acceptors (Lipinski definition) is 4. The molecule has 3 aromatic rings. The number of hydrogen-bond donors (Lipinski definition) is 0. The highest BCUT2D eigenvalue weighted by Gasteiger charge is 2.16. The lowest BCUT2D eigenvalue weighted by molar-refractivity contribution is 0.0993. The van der Waals surface area contributed by atoms with Crippen LogP contribution in [-0.2, 0) is 6.42 Å². The Morgan fingerprint density at radius 2 is 1.44 bits per heavy atom. The normalized spacial score (nSPS) is 10.9. The average molecular weight is 461 g/mol. The van der Waals surface area contributed by atoms with Crippen molar-refractivity contribution >= 4 is 11.6 Å². The number of likely N-dealkylation sites (N-methyl/N-ethyl adjacent to an activating group) is 1. The Bertz CT molecular complexity index is 1060. The summed E-state index contributed by atoms with van der Waals surface area (Å²) in [6, 6.07) is 21.9. The highest BCUT2D eigenvalue weighted by atomic mass is 16.5. The van der Waals surface area contributed by atoms with Gasteiger partial charge >= 0.3 is 0 Å². The number of methoxy groups -OCH3 is 1. The summed E-state index contributed by atoms with van der Waals surface area (Å²) in [6.45, 7) is 9.86. The van der Waals surface area contributed by atoms with Gasteiger partial charge in [0.25, 0.3) is 5.91 Å². The summed E-state index contributed by atoms with van der Waals surface area (Å²) < 4.78 is 11.5. The molecule has 0 N–H and O–H groups in total. The van der Waals surface area contributed by atoms with Crippen molar-refractivity contribution in [2.75, 3.05) is 45.3 Å². The van der Waals surface area contributed by atoms with Crippen LogP contribution in [0.4, 0.5) is 5.69 Å². The van der Waals surface area contributed by atoms with Crippen molar-refractivity contribution in [3.8, 4) is 22.6 Å². The topological polar surface area (TPSA) is 42.0 Å². The third-order valence-corrected chi connectivity index (χ3v) is 6.23. The fourth-order valence-electron chi connectivity index (χ4n) is 3.86. The van der Waals surface area contributed by atoms with Gasteiger partial charge in [-0.1, -0.05) is 57.2 Å². The van der Waals surface area contributed by atoms with E-state index in [1.54, 1.807) is 19.1 Å². The van der Waals surface area contributed by atoms with E-state index in [0.29, 0.717) is 23.7 Å². The van der Waals surface area contributed by atoms with Crippen LogP contribution < -0.4 is 14.4 Å². The van der Waals surface area contributed by atoms with Gasteiger partial charge in [-0.15, -0.1) is 0 Å². The third kappa shape index (κ3) is 6.17. The lowest BCUT2D eigenvalue weighted by Gasteiger charge is -2.21. The van der Waals surface area contributed by atoms with Crippen molar-refractivity contribution in [3.63, 3.8) is 0 Å². The van der Waals surface area contributed by atoms with Gasteiger partial charge in [0, 0.05) is 30.9 Å². The van der Waals surface area contributed by atoms with Gasteiger partial charge in [-0.25, -0.2) is 0 Å². The summed E-state index contributed by atoms with van der Waals surface area (Å²) in [4.78, 5) is 17.1. The van der Waals surface area contributed by atoms with Crippen LogP contribution in [0.25, 0.3) is 11.1 Å². The van der Waals surface area contributed by atoms with Crippen molar-refractivity contribution in [3.05, 3.63) is 77.9 Å². The van der Waals surface area contributed by atoms with Crippen LogP contribution in [-0.4, -0.2) is 51.2 Å². The van der Waals surface area contributed by atoms with E-state index in [0.717, 1.165) is 42.9 Å². The Kier molecular flexibility index (Phi) is 9.11. The molecule has 0 aromatic heterocycles. The molecule has 0 aliphatic heterocycles. The summed E-state index contributed by atoms with van der Waals surface area (Å²) in [6.07, 6.45) is 1.02. The highest BCUT2D eigenvalue weighted by Crippen LogP contribution is 2.32. The number of ether oxygens (including phenoxy) is 2. The molecule has 1 amide bonds. The van der Waals surface area contributed by atoms with Crippen LogP contribution in [0.1, 0.15) is 36.7 Å². The fourth-order valence-corrected chi connectivity index (χ4v) is 3.86. The van der Waals surface area contributed by atoms with Crippen LogP contribution in [0.2, 0.25) is 0 Å². The number of nitrogens with zero attached hydrogens (tertiary/aromatic N) is 2. The quantitative estimate of drug-likeness (QED) is 0.356. The molecule has 34 heavy (non-hydrogen) atoms. The first kappa shape index (κ1) is 25.3. The van der Waals surface area contributed by atoms with Gasteiger partial charge in [-0.05, 0) is 60.5 Å². The second-order valence-corrected chi connectivity index (χ2v) is 8.20. The zero-order valence-electron chi connectivity index (χ0n) is 21.0. The largest absolute Gasteiger partial charge is 0.493 e. The molecule has 0 saturated heterocycles. The third-order valence-electron chi connectivity index (χ3n) is 6.23. The van der Waals surface area contributed by atoms with E-state index in [9.17, 15) is 4.79 Å². The Balaban J connectivity index is 1.69. The monoisotopic (exact) mass is 460 g/mol. The average Bonchev–Trinajstić information content (AvgIpc) is 2.90. The summed E-state index contributed by atoms with van der Waals surface area (Å²) in [5.74, 6) is 1.21. The molecular weight excluding hydrogens is 424 g/mol. The summed E-state index contributed by atoms with van der Waals surface area (Å²) in [5, 5.41) is 0. The second kappa shape index (κ2) is 12.2. The van der Waals surface area contributed by atoms with Gasteiger partial charge < -0.3 is 19.3 Å². The Hall–Kier alpha value is -3.31. The van der Waals surface area contributed by atoms with Gasteiger partial charge in [-0.2, -0.15) is 0 Å². The molecule has 180 valence electrons. The zero-order valence-corrected chi connectivity index (χ0v) is 21.0. The Morgan fingerprint density at radius 1 is 0.824 bits per heavy atom. The summed E-state index contributed by atoms with van der Waals surface area (Å²) >= 11 is 0. The molecule has 0 aliphatic carbocycles. The maximum atomic E-state index is 13.1. The number of aryl methyl sites for hydroxylation is 1. The van der Waals surface area contributed by atoms with Crippen LogP contribution in [0.3, 0.4) is 0 Å². The van der Waals surface area contributed by atoms with Crippen molar-refractivity contribution < 1.29 is 14.3 Å². The summed E-state index contributed by atoms with van der Waals surface area (Å²) in [5.41, 5.74) is 4.93. The maximum absolute atomic E-state index is 13.1. The fraction of sp³-hybridized carbons (Fsp3) is 0.345. The number of benzene rings is 3. The Labute approximate surface area is 203 Å². The molecule has 0 heterocycles. The smallest absolute Gasteiger partial charge is 0.258 e. The molecular formula is C29H36N2O3. The number of carbonyl (C=O) groups excluding carboxylic acids is 1. The number of carbonyl (C=O) groups is 1. The van der Waals surface area contributed by atoms with Gasteiger partial charge in [-0.3, -0.25) is 4.79 Å². The first-order valence-corrected chi connectivity index (χ1v) is 12.0. The van der Waals surface area contributed by atoms with E-state index < -0.39 is 0 Å². The molecule has 0 bridgehead atoms. The number of anilines is 1. The van der Waals surface area contributed by atoms with Crippen molar-refractivity contribution in [1.29, 1.82) is 0 Å². The second-order valence-electron chi connectivity index (χ2n) is 8.20. The maximum Gasteiger partial charge on any atom is 0.258 e. The standard InChI is InChI=1S/C29H36N2O3/c1-6-22-9-11-23(12-10-22)24-13-15-25(16-14-24)29(32)30(4)26-17-18-27(28(21-26)33-5)34-20-19-31(7-2)8-3/h9-18,21H,6-8,19-20H2,1-5H3. The predicted molar refractivity (Wildman–Crippen MR) is 140 cm³/mol. The molecule has 5 heteroatoms. The molecule has 0 fully saturated rings. The molecule has 3 rings (SSSR count). The minimum atomic E-state index is -0.0786. The van der Waals surface area contributed by atoms with Crippen molar-refractivity contribution in [2.24, 2.45) is 0 Å². The van der Waals surface area contributed by atoms with E-state index in [1.165, 1.54) is 5.56 Å². The SMILES string of the molecule is CCc1ccc(-c2ccc(C(=O)N(C)c3ccc(OCCN(CC)CC)c(OC)c3)cc2)cc1. The van der Waals surface area contributed by atoms with E-state index >= 15 is 0 Å². The molecule has 0 spiro atoms. The molecule has 3 aromatic carbocycles. The lowest BCUT2D eigenvalue weighted by atomic mass is 10.0. The van der Waals surface area contributed by atoms with Gasteiger partial charge in [0.1, 0.15) is 6.61 Å². The zero-order chi connectivity index (χ0) is 24.5. The van der Waals surface area contributed by atoms with E-state index in [2.05, 4.69) is 49.9 Å². The van der Waals surface area contributed by atoms with E-state index in [-0.39, 0.29) is 5.91 Å². The first-order valence-electron chi connectivity index (χ1n) is 12.0. The van der Waals surface area contributed by atoms with Crippen LogP contribution in [0.5, 0.6) is 11.5 Å². The molecule has 0 aliphatic rings. The van der Waals surface area contributed by atoms with Crippen molar-refractivity contribution in [2.45, 2.75) is 27.2 Å². The number of rotatable bonds is 11. The highest BCUT2D eigenvalue weighted by molar-refractivity contribution is 6.06. The van der Waals surface area contributed by atoms with Gasteiger partial charge in [0.15, 0.2) is 11.5 Å². The van der Waals surface area contributed by atoms with E-state index in [4.69, 9.17) is 9.47 Å². The Morgan fingerprint density at radius 3 is 2.00 bits per heavy atom. The molecule has 0 saturated carbocycles. The van der Waals surface area contributed by atoms with Crippen LogP contribution in [0.15, 0.2) is 66.7 Å². The summed E-state index contributed by atoms with van der Waals surface area (Å²) in [7, 11) is 3.39. The molecule has 5 nitrogen and oxygen atoms in total. The molecule has 0 radical (unpaired) electrons. The van der Waals surface area contributed by atoms with Crippen LogP contribution >= 0.6 is 0 Å². The lowest BCUT2D eigenvalue weighted by Crippen LogP contribution is -2.28. The first-order chi connectivity index (χ1) is 16.5. The van der Waals surface area contributed by atoms with Crippen molar-refractivity contribution in [1.82, 2.24) is 4.90 Å².